The van der Waals surface area contributed by atoms with Gasteiger partial charge >= 0.3 is 0 Å². The van der Waals surface area contributed by atoms with Crippen molar-refractivity contribution in [3.05, 3.63) is 48.0 Å². The minimum absolute atomic E-state index is 0.0293. The summed E-state index contributed by atoms with van der Waals surface area (Å²) in [6.07, 6.45) is 4.84. The van der Waals surface area contributed by atoms with Gasteiger partial charge in [-0.15, -0.1) is 11.8 Å². The van der Waals surface area contributed by atoms with Crippen LogP contribution in [-0.2, 0) is 26.0 Å². The van der Waals surface area contributed by atoms with E-state index in [9.17, 15) is 18.0 Å². The Balaban J connectivity index is 1.48. The van der Waals surface area contributed by atoms with E-state index in [0.29, 0.717) is 25.3 Å². The van der Waals surface area contributed by atoms with Crippen LogP contribution in [0.15, 0.2) is 52.3 Å². The first-order valence-corrected chi connectivity index (χ1v) is 14.7. The van der Waals surface area contributed by atoms with Gasteiger partial charge in [0.15, 0.2) is 0 Å². The van der Waals surface area contributed by atoms with E-state index < -0.39 is 10.0 Å². The molecule has 0 spiro atoms. The number of carbonyl (C=O) groups is 2. The van der Waals surface area contributed by atoms with Crippen LogP contribution in [-0.4, -0.2) is 56.0 Å². The first-order chi connectivity index (χ1) is 16.8. The molecule has 3 heterocycles. The molecular formula is C26H31N3O4S2. The normalized spacial score (nSPS) is 21.3. The van der Waals surface area contributed by atoms with E-state index in [4.69, 9.17) is 0 Å². The summed E-state index contributed by atoms with van der Waals surface area (Å²) in [6, 6.07) is 12.9. The summed E-state index contributed by atoms with van der Waals surface area (Å²) in [4.78, 5) is 31.1. The maximum Gasteiger partial charge on any atom is 0.247 e. The fraction of sp³-hybridized carbons (Fsp3) is 0.462. The number of hydrogen-bond acceptors (Lipinski definition) is 5. The van der Waals surface area contributed by atoms with Crippen LogP contribution >= 0.6 is 11.8 Å². The molecule has 3 aliphatic rings. The molecule has 0 radical (unpaired) electrons. The molecule has 186 valence electrons. The number of carbonyl (C=O) groups excluding carboxylic acids is 2. The summed E-state index contributed by atoms with van der Waals surface area (Å²) in [5.74, 6) is -0.310. The van der Waals surface area contributed by atoms with Gasteiger partial charge in [0.1, 0.15) is 6.54 Å². The molecule has 1 saturated heterocycles. The number of aryl methyl sites for hydroxylation is 1. The van der Waals surface area contributed by atoms with Crippen molar-refractivity contribution in [1.82, 2.24) is 4.31 Å². The van der Waals surface area contributed by atoms with E-state index in [0.717, 1.165) is 48.3 Å². The maximum atomic E-state index is 13.5. The summed E-state index contributed by atoms with van der Waals surface area (Å²) in [6.45, 7) is 3.51. The minimum Gasteiger partial charge on any atom is -0.311 e. The first-order valence-electron chi connectivity index (χ1n) is 12.3. The number of benzene rings is 2. The molecule has 2 amide bonds. The molecule has 0 aromatic heterocycles. The highest BCUT2D eigenvalue weighted by atomic mass is 32.2. The van der Waals surface area contributed by atoms with Crippen LogP contribution in [0.5, 0.6) is 0 Å². The molecular weight excluding hydrogens is 482 g/mol. The molecule has 1 unspecified atom stereocenters. The highest BCUT2D eigenvalue weighted by Gasteiger charge is 2.33. The zero-order chi connectivity index (χ0) is 24.6. The zero-order valence-corrected chi connectivity index (χ0v) is 21.6. The molecule has 0 N–H and O–H groups in total. The van der Waals surface area contributed by atoms with Crippen LogP contribution in [0, 0.1) is 0 Å². The average molecular weight is 514 g/mol. The van der Waals surface area contributed by atoms with Crippen LogP contribution in [0.4, 0.5) is 11.4 Å². The number of rotatable bonds is 4. The number of para-hydroxylation sites is 1. The molecule has 9 heteroatoms. The number of piperidine rings is 1. The lowest BCUT2D eigenvalue weighted by Crippen LogP contribution is -2.45. The van der Waals surface area contributed by atoms with E-state index >= 15 is 0 Å². The van der Waals surface area contributed by atoms with E-state index in [1.165, 1.54) is 9.21 Å². The van der Waals surface area contributed by atoms with Crippen molar-refractivity contribution in [1.29, 1.82) is 0 Å². The number of thioether (sulfide) groups is 1. The first kappa shape index (κ1) is 24.3. The predicted molar refractivity (Wildman–Crippen MR) is 138 cm³/mol. The number of hydrogen-bond donors (Lipinski definition) is 0. The van der Waals surface area contributed by atoms with Gasteiger partial charge in [-0.25, -0.2) is 8.42 Å². The number of anilines is 2. The topological polar surface area (TPSA) is 78.0 Å². The van der Waals surface area contributed by atoms with E-state index in [1.54, 1.807) is 34.9 Å². The Morgan fingerprint density at radius 1 is 1.00 bits per heavy atom. The van der Waals surface area contributed by atoms with Crippen molar-refractivity contribution in [3.8, 4) is 0 Å². The predicted octanol–water partition coefficient (Wildman–Crippen LogP) is 4.06. The number of amides is 2. The highest BCUT2D eigenvalue weighted by molar-refractivity contribution is 8.00. The Morgan fingerprint density at radius 2 is 1.77 bits per heavy atom. The third-order valence-corrected chi connectivity index (χ3v) is 10.0. The van der Waals surface area contributed by atoms with Gasteiger partial charge < -0.3 is 9.80 Å². The quantitative estimate of drug-likeness (QED) is 0.616. The summed E-state index contributed by atoms with van der Waals surface area (Å²) < 4.78 is 28.3. The van der Waals surface area contributed by atoms with Crippen molar-refractivity contribution in [3.63, 3.8) is 0 Å². The van der Waals surface area contributed by atoms with Gasteiger partial charge in [-0.2, -0.15) is 4.31 Å². The van der Waals surface area contributed by atoms with Gasteiger partial charge in [0.2, 0.25) is 21.8 Å². The van der Waals surface area contributed by atoms with Gasteiger partial charge in [-0.3, -0.25) is 9.59 Å². The van der Waals surface area contributed by atoms with Crippen LogP contribution in [0.25, 0.3) is 0 Å². The average Bonchev–Trinajstić information content (AvgIpc) is 2.98. The number of fused-ring (bicyclic) bond motifs is 2. The summed E-state index contributed by atoms with van der Waals surface area (Å²) in [5, 5.41) is 0.0293. The molecule has 0 aliphatic carbocycles. The maximum absolute atomic E-state index is 13.5. The fourth-order valence-electron chi connectivity index (χ4n) is 5.16. The molecule has 2 aromatic carbocycles. The molecule has 0 bridgehead atoms. The second-order valence-corrected chi connectivity index (χ2v) is 12.9. The standard InChI is InChI=1S/C26H31N3O4S2/c1-19-16-25(30)29(18-26(31)28-15-7-9-20-8-3-4-10-22(20)28)23-17-21(11-12-24(23)34-19)35(32,33)27-13-5-2-6-14-27/h3-4,8,10-12,17,19H,2,5-7,9,13-16,18H2,1H3. The zero-order valence-electron chi connectivity index (χ0n) is 20.0. The fourth-order valence-corrected chi connectivity index (χ4v) is 7.79. The second-order valence-electron chi connectivity index (χ2n) is 9.48. The van der Waals surface area contributed by atoms with Gasteiger partial charge in [0.25, 0.3) is 0 Å². The molecule has 7 nitrogen and oxygen atoms in total. The van der Waals surface area contributed by atoms with Crippen molar-refractivity contribution < 1.29 is 18.0 Å². The van der Waals surface area contributed by atoms with Crippen LogP contribution in [0.3, 0.4) is 0 Å². The second kappa shape index (κ2) is 9.95. The Labute approximate surface area is 211 Å². The molecule has 3 aliphatic heterocycles. The lowest BCUT2D eigenvalue weighted by Gasteiger charge is -2.32. The van der Waals surface area contributed by atoms with Crippen LogP contribution in [0.2, 0.25) is 0 Å². The van der Waals surface area contributed by atoms with Crippen molar-refractivity contribution in [2.45, 2.75) is 60.5 Å². The van der Waals surface area contributed by atoms with Gasteiger partial charge in [-0.05, 0) is 55.5 Å². The van der Waals surface area contributed by atoms with Crippen molar-refractivity contribution >= 4 is 45.0 Å². The van der Waals surface area contributed by atoms with Crippen molar-refractivity contribution in [2.24, 2.45) is 0 Å². The number of sulfonamides is 1. The smallest absolute Gasteiger partial charge is 0.247 e. The summed E-state index contributed by atoms with van der Waals surface area (Å²) in [5.41, 5.74) is 2.55. The monoisotopic (exact) mass is 513 g/mol. The van der Waals surface area contributed by atoms with E-state index in [2.05, 4.69) is 0 Å². The molecule has 1 fully saturated rings. The number of nitrogens with zero attached hydrogens (tertiary/aromatic N) is 3. The Morgan fingerprint density at radius 3 is 2.57 bits per heavy atom. The molecule has 0 saturated carbocycles. The molecule has 2 aromatic rings. The summed E-state index contributed by atoms with van der Waals surface area (Å²) >= 11 is 1.55. The third kappa shape index (κ3) is 4.86. The Hall–Kier alpha value is -2.36. The lowest BCUT2D eigenvalue weighted by atomic mass is 10.0. The van der Waals surface area contributed by atoms with Gasteiger partial charge in [0, 0.05) is 41.9 Å². The van der Waals surface area contributed by atoms with Crippen LogP contribution < -0.4 is 9.80 Å². The van der Waals surface area contributed by atoms with Gasteiger partial charge in [-0.1, -0.05) is 31.5 Å². The largest absolute Gasteiger partial charge is 0.311 e. The van der Waals surface area contributed by atoms with Crippen LogP contribution in [0.1, 0.15) is 44.6 Å². The third-order valence-electron chi connectivity index (χ3n) is 6.97. The summed E-state index contributed by atoms with van der Waals surface area (Å²) in [7, 11) is -3.66. The highest BCUT2D eigenvalue weighted by Crippen LogP contribution is 2.40. The molecule has 35 heavy (non-hydrogen) atoms. The Bertz CT molecular complexity index is 1240. The van der Waals surface area contributed by atoms with E-state index in [1.807, 2.05) is 31.2 Å². The van der Waals surface area contributed by atoms with Gasteiger partial charge in [0.05, 0.1) is 10.6 Å². The lowest BCUT2D eigenvalue weighted by molar-refractivity contribution is -0.122. The van der Waals surface area contributed by atoms with E-state index in [-0.39, 0.29) is 34.9 Å². The minimum atomic E-state index is -3.66. The Kier molecular flexibility index (Phi) is 6.92. The SMILES string of the molecule is CC1CC(=O)N(CC(=O)N2CCCc3ccccc32)c2cc(S(=O)(=O)N3CCCCC3)ccc2S1. The molecule has 1 atom stereocenters. The molecule has 5 rings (SSSR count). The van der Waals surface area contributed by atoms with Crippen molar-refractivity contribution in [2.75, 3.05) is 36.0 Å².